The number of carboxylic acids is 1. The lowest BCUT2D eigenvalue weighted by Crippen LogP contribution is -2.10. The number of rotatable bonds is 5. The normalized spacial score (nSPS) is 11.1. The molecule has 96 valence electrons. The number of aliphatic carboxylic acids is 1. The molecule has 1 aromatic rings. The fourth-order valence-corrected chi connectivity index (χ4v) is 1.36. The van der Waals surface area contributed by atoms with Crippen molar-refractivity contribution in [3.05, 3.63) is 44.6 Å². The van der Waals surface area contributed by atoms with Gasteiger partial charge in [-0.05, 0) is 18.2 Å². The number of hydrogen-bond donors (Lipinski definition) is 1. The molecule has 0 saturated heterocycles. The van der Waals surface area contributed by atoms with Gasteiger partial charge in [0.25, 0.3) is 0 Å². The van der Waals surface area contributed by atoms with Gasteiger partial charge in [0.05, 0.1) is 4.92 Å². The molecule has 0 radical (unpaired) electrons. The highest BCUT2D eigenvalue weighted by Crippen LogP contribution is 2.25. The van der Waals surface area contributed by atoms with E-state index in [0.29, 0.717) is 10.6 Å². The molecule has 1 N–H and O–H groups in total. The van der Waals surface area contributed by atoms with Gasteiger partial charge in [0, 0.05) is 23.6 Å². The van der Waals surface area contributed by atoms with Crippen LogP contribution in [0.15, 0.2) is 23.9 Å². The summed E-state index contributed by atoms with van der Waals surface area (Å²) in [6.45, 7) is 0.794. The van der Waals surface area contributed by atoms with Gasteiger partial charge in [-0.1, -0.05) is 11.6 Å². The predicted octanol–water partition coefficient (Wildman–Crippen LogP) is 2.44. The number of carboxylic acid groups (broad SMARTS) is 1. The Balaban J connectivity index is 3.07. The van der Waals surface area contributed by atoms with E-state index in [0.717, 1.165) is 0 Å². The topological polar surface area (TPSA) is 89.7 Å². The third kappa shape index (κ3) is 4.06. The first-order chi connectivity index (χ1) is 8.40. The van der Waals surface area contributed by atoms with Crippen molar-refractivity contribution in [2.24, 2.45) is 0 Å². The Labute approximate surface area is 108 Å². The number of ether oxygens (including phenoxy) is 1. The molecule has 0 heterocycles. The number of halogens is 1. The van der Waals surface area contributed by atoms with Gasteiger partial charge in [-0.3, -0.25) is 10.1 Å². The summed E-state index contributed by atoms with van der Waals surface area (Å²) >= 11 is 5.77. The summed E-state index contributed by atoms with van der Waals surface area (Å²) in [4.78, 5) is 20.4. The Morgan fingerprint density at radius 1 is 1.61 bits per heavy atom. The Bertz CT molecular complexity index is 512. The zero-order chi connectivity index (χ0) is 13.7. The second-order valence-corrected chi connectivity index (χ2v) is 3.84. The van der Waals surface area contributed by atoms with Gasteiger partial charge in [0.1, 0.15) is 5.75 Å². The van der Waals surface area contributed by atoms with Crippen LogP contribution in [-0.2, 0) is 4.79 Å². The van der Waals surface area contributed by atoms with E-state index in [1.807, 2.05) is 0 Å². The van der Waals surface area contributed by atoms with Crippen molar-refractivity contribution in [3.8, 4) is 5.75 Å². The van der Waals surface area contributed by atoms with E-state index in [4.69, 9.17) is 21.4 Å². The van der Waals surface area contributed by atoms with Crippen molar-refractivity contribution in [1.29, 1.82) is 0 Å². The molecule has 7 heteroatoms. The molecule has 0 unspecified atom stereocenters. The average molecular weight is 272 g/mol. The monoisotopic (exact) mass is 271 g/mol. The molecule has 0 saturated carbocycles. The fourth-order valence-electron chi connectivity index (χ4n) is 1.18. The van der Waals surface area contributed by atoms with Crippen LogP contribution < -0.4 is 4.74 Å². The van der Waals surface area contributed by atoms with Crippen molar-refractivity contribution in [1.82, 2.24) is 0 Å². The van der Waals surface area contributed by atoms with Gasteiger partial charge < -0.3 is 9.84 Å². The number of carbonyl (C=O) groups is 1. The molecule has 0 aromatic heterocycles. The average Bonchev–Trinajstić information content (AvgIpc) is 2.27. The van der Waals surface area contributed by atoms with Crippen LogP contribution in [0.25, 0.3) is 6.08 Å². The summed E-state index contributed by atoms with van der Waals surface area (Å²) < 4.78 is 5.01. The number of hydrogen-bond acceptors (Lipinski definition) is 4. The van der Waals surface area contributed by atoms with E-state index in [-0.39, 0.29) is 11.4 Å². The minimum atomic E-state index is -1.13. The molecule has 0 aliphatic rings. The lowest BCUT2D eigenvalue weighted by Gasteiger charge is -2.07. The number of benzene rings is 1. The second kappa shape index (κ2) is 6.02. The Hall–Kier alpha value is -2.08. The smallest absolute Gasteiger partial charge is 0.341 e. The number of nitrogens with zero attached hydrogens (tertiary/aromatic N) is 1. The van der Waals surface area contributed by atoms with Gasteiger partial charge in [-0.15, -0.1) is 0 Å². The summed E-state index contributed by atoms with van der Waals surface area (Å²) in [5, 5.41) is 19.4. The molecule has 18 heavy (non-hydrogen) atoms. The third-order valence-electron chi connectivity index (χ3n) is 1.98. The first kappa shape index (κ1) is 14.0. The number of allylic oxidation sites excluding steroid dienone is 1. The first-order valence-electron chi connectivity index (χ1n) is 4.87. The molecule has 0 fully saturated rings. The quantitative estimate of drug-likeness (QED) is 0.656. The van der Waals surface area contributed by atoms with Gasteiger partial charge in [-0.25, -0.2) is 4.79 Å². The van der Waals surface area contributed by atoms with Crippen molar-refractivity contribution in [2.75, 3.05) is 6.61 Å². The minimum absolute atomic E-state index is 0.0996. The van der Waals surface area contributed by atoms with Gasteiger partial charge in [0.15, 0.2) is 6.61 Å². The van der Waals surface area contributed by atoms with Gasteiger partial charge in [-0.2, -0.15) is 0 Å². The molecule has 0 amide bonds. The number of nitro groups is 1. The van der Waals surface area contributed by atoms with Crippen LogP contribution in [0.4, 0.5) is 0 Å². The highest BCUT2D eigenvalue weighted by atomic mass is 35.5. The molecule has 0 aliphatic heterocycles. The summed E-state index contributed by atoms with van der Waals surface area (Å²) in [5.74, 6) is -0.908. The maximum absolute atomic E-state index is 10.5. The minimum Gasteiger partial charge on any atom is -0.481 e. The lowest BCUT2D eigenvalue weighted by atomic mass is 10.1. The molecule has 6 nitrogen and oxygen atoms in total. The molecule has 0 spiro atoms. The zero-order valence-electron chi connectivity index (χ0n) is 9.42. The van der Waals surface area contributed by atoms with E-state index in [2.05, 4.69) is 0 Å². The van der Waals surface area contributed by atoms with E-state index in [9.17, 15) is 14.9 Å². The van der Waals surface area contributed by atoms with Crippen molar-refractivity contribution in [3.63, 3.8) is 0 Å². The van der Waals surface area contributed by atoms with Crippen LogP contribution in [0.5, 0.6) is 5.75 Å². The molecule has 0 atom stereocenters. The third-order valence-corrected chi connectivity index (χ3v) is 2.21. The Morgan fingerprint density at radius 3 is 2.83 bits per heavy atom. The van der Waals surface area contributed by atoms with Crippen molar-refractivity contribution < 1.29 is 19.6 Å². The maximum atomic E-state index is 10.5. The lowest BCUT2D eigenvalue weighted by molar-refractivity contribution is -0.422. The molecule has 0 bridgehead atoms. The zero-order valence-corrected chi connectivity index (χ0v) is 10.2. The van der Waals surface area contributed by atoms with Gasteiger partial charge >= 0.3 is 5.97 Å². The molecular formula is C11H10ClNO5. The fraction of sp³-hybridized carbons (Fsp3) is 0.182. The second-order valence-electron chi connectivity index (χ2n) is 3.41. The Morgan fingerprint density at radius 2 is 2.28 bits per heavy atom. The van der Waals surface area contributed by atoms with E-state index in [1.54, 1.807) is 0 Å². The standard InChI is InChI=1S/C11H10ClNO5/c1-7(13(16)17)4-8-5-9(12)2-3-10(8)18-6-11(14)15/h2-5H,6H2,1H3,(H,14,15)/b7-4-. The largest absolute Gasteiger partial charge is 0.481 e. The van der Waals surface area contributed by atoms with Crippen LogP contribution in [-0.4, -0.2) is 22.6 Å². The first-order valence-corrected chi connectivity index (χ1v) is 5.25. The van der Waals surface area contributed by atoms with Crippen LogP contribution in [0.3, 0.4) is 0 Å². The SMILES string of the molecule is C/C(=C/c1cc(Cl)ccc1OCC(=O)O)[N+](=O)[O-]. The highest BCUT2D eigenvalue weighted by molar-refractivity contribution is 6.30. The Kier molecular flexibility index (Phi) is 4.67. The molecule has 0 aliphatic carbocycles. The molecule has 1 aromatic carbocycles. The predicted molar refractivity (Wildman–Crippen MR) is 65.2 cm³/mol. The van der Waals surface area contributed by atoms with Crippen molar-refractivity contribution >= 4 is 23.6 Å². The van der Waals surface area contributed by atoms with Crippen LogP contribution in [0, 0.1) is 10.1 Å². The van der Waals surface area contributed by atoms with Crippen molar-refractivity contribution in [2.45, 2.75) is 6.92 Å². The molecule has 1 rings (SSSR count). The van der Waals surface area contributed by atoms with E-state index in [1.165, 1.54) is 31.2 Å². The highest BCUT2D eigenvalue weighted by Gasteiger charge is 2.09. The maximum Gasteiger partial charge on any atom is 0.341 e. The summed E-state index contributed by atoms with van der Waals surface area (Å²) in [5.41, 5.74) is 0.260. The van der Waals surface area contributed by atoms with Crippen LogP contribution >= 0.6 is 11.6 Å². The van der Waals surface area contributed by atoms with E-state index >= 15 is 0 Å². The van der Waals surface area contributed by atoms with Crippen LogP contribution in [0.1, 0.15) is 12.5 Å². The summed E-state index contributed by atoms with van der Waals surface area (Å²) in [6.07, 6.45) is 1.27. The van der Waals surface area contributed by atoms with Gasteiger partial charge in [0.2, 0.25) is 5.70 Å². The van der Waals surface area contributed by atoms with Crippen LogP contribution in [0.2, 0.25) is 5.02 Å². The summed E-state index contributed by atoms with van der Waals surface area (Å²) in [7, 11) is 0. The summed E-state index contributed by atoms with van der Waals surface area (Å²) in [6, 6.07) is 4.44. The van der Waals surface area contributed by atoms with E-state index < -0.39 is 17.5 Å². The molecular weight excluding hydrogens is 262 g/mol.